The van der Waals surface area contributed by atoms with Gasteiger partial charge in [-0.05, 0) is 97.8 Å². The second kappa shape index (κ2) is 18.0. The molecule has 17 nitrogen and oxygen atoms in total. The molecule has 336 valence electrons. The normalized spacial score (nSPS) is 20.5. The van der Waals surface area contributed by atoms with Gasteiger partial charge < -0.3 is 20.5 Å². The van der Waals surface area contributed by atoms with E-state index in [1.54, 1.807) is 45.4 Å². The molecule has 2 saturated heterocycles. The fourth-order valence-corrected chi connectivity index (χ4v) is 11.0. The zero-order valence-corrected chi connectivity index (χ0v) is 36.4. The zero-order chi connectivity index (χ0) is 45.4. The van der Waals surface area contributed by atoms with E-state index in [2.05, 4.69) is 26.3 Å². The summed E-state index contributed by atoms with van der Waals surface area (Å²) in [5.74, 6) is -2.39. The van der Waals surface area contributed by atoms with E-state index in [1.165, 1.54) is 6.07 Å². The van der Waals surface area contributed by atoms with Crippen LogP contribution in [0.3, 0.4) is 0 Å². The predicted molar refractivity (Wildman–Crippen MR) is 237 cm³/mol. The highest BCUT2D eigenvalue weighted by Crippen LogP contribution is 2.49. The maximum Gasteiger partial charge on any atom is 0.266 e. The third-order valence-electron chi connectivity index (χ3n) is 12.6. The molecule has 4 aromatic carbocycles. The van der Waals surface area contributed by atoms with Crippen molar-refractivity contribution in [1.82, 2.24) is 29.5 Å². The van der Waals surface area contributed by atoms with E-state index >= 15 is 0 Å². The van der Waals surface area contributed by atoms with Crippen LogP contribution in [0.5, 0.6) is 5.75 Å². The first-order chi connectivity index (χ1) is 31.4. The average molecular weight is 901 g/mol. The number of hydrogen-bond acceptors (Lipinski definition) is 12. The standard InChI is InChI=1S/C47H48N8O9S/c1-28-12-15-33(16-13-28)65(62,63)54-22-20-34-38(27-56)49-37-17-14-30(25-36(37)44(34)54)29-6-2-7-31(24-29)48-41(57)11-3-8-32-26-53(52-51-32)21-5-23-64-40-10-4-9-35-43(40)47(61)55(46(35)60)39-18-19-42(58)50-45(39)59/h2,4,6-7,9-10,12-17,24-26,34,38-39,44,49,56H,3,5,8,11,18-23,27H2,1H3,(H,48,57)(H,50,58,59)/t34-,38+,39?,44-/m1/s1. The number of aliphatic hydroxyl groups excluding tert-OH is 1. The summed E-state index contributed by atoms with van der Waals surface area (Å²) in [4.78, 5) is 64.8. The molecule has 0 spiro atoms. The Bertz CT molecular complexity index is 2810. The second-order valence-electron chi connectivity index (χ2n) is 16.8. The Labute approximate surface area is 375 Å². The number of piperidine rings is 1. The van der Waals surface area contributed by atoms with Crippen LogP contribution in [0.2, 0.25) is 0 Å². The zero-order valence-electron chi connectivity index (χ0n) is 35.6. The van der Waals surface area contributed by atoms with Crippen molar-refractivity contribution in [3.63, 3.8) is 0 Å². The van der Waals surface area contributed by atoms with E-state index in [9.17, 15) is 37.5 Å². The largest absolute Gasteiger partial charge is 0.493 e. The fraction of sp³-hybridized carbons (Fsp3) is 0.340. The Kier molecular flexibility index (Phi) is 12.1. The Morgan fingerprint density at radius 2 is 1.74 bits per heavy atom. The molecule has 5 aromatic rings. The molecule has 9 rings (SSSR count). The molecule has 5 amide bonds. The van der Waals surface area contributed by atoms with Gasteiger partial charge in [-0.2, -0.15) is 4.31 Å². The van der Waals surface area contributed by atoms with Crippen LogP contribution in [0.25, 0.3) is 11.1 Å². The van der Waals surface area contributed by atoms with Gasteiger partial charge in [-0.25, -0.2) is 8.42 Å². The third-order valence-corrected chi connectivity index (χ3v) is 14.5. The third kappa shape index (κ3) is 8.63. The molecule has 1 unspecified atom stereocenters. The number of carbonyl (C=O) groups excluding carboxylic acids is 5. The van der Waals surface area contributed by atoms with E-state index < -0.39 is 45.7 Å². The monoisotopic (exact) mass is 900 g/mol. The maximum atomic E-state index is 14.0. The number of anilines is 2. The smallest absolute Gasteiger partial charge is 0.266 e. The number of sulfonamides is 1. The van der Waals surface area contributed by atoms with Crippen molar-refractivity contribution >= 4 is 50.9 Å². The van der Waals surface area contributed by atoms with Gasteiger partial charge in [-0.15, -0.1) is 5.10 Å². The minimum atomic E-state index is -3.82. The highest BCUT2D eigenvalue weighted by molar-refractivity contribution is 7.89. The van der Waals surface area contributed by atoms with Crippen molar-refractivity contribution in [3.8, 4) is 16.9 Å². The summed E-state index contributed by atoms with van der Waals surface area (Å²) in [5, 5.41) is 27.4. The molecule has 1 aromatic heterocycles. The minimum Gasteiger partial charge on any atom is -0.493 e. The van der Waals surface area contributed by atoms with Crippen LogP contribution in [-0.4, -0.2) is 99.1 Å². The molecule has 4 atom stereocenters. The Balaban J connectivity index is 0.770. The Hall–Kier alpha value is -6.76. The van der Waals surface area contributed by atoms with Crippen LogP contribution in [0.15, 0.2) is 96.0 Å². The first-order valence-corrected chi connectivity index (χ1v) is 23.2. The number of benzene rings is 4. The first-order valence-electron chi connectivity index (χ1n) is 21.8. The van der Waals surface area contributed by atoms with Crippen LogP contribution < -0.4 is 20.7 Å². The summed E-state index contributed by atoms with van der Waals surface area (Å²) in [7, 11) is -3.82. The summed E-state index contributed by atoms with van der Waals surface area (Å²) in [6.07, 6.45) is 4.33. The molecule has 5 heterocycles. The SMILES string of the molecule is Cc1ccc(S(=O)(=O)N2CC[C@@H]3[C@H](CO)Nc4ccc(-c5cccc(NC(=O)CCCc6cn(CCCOc7cccc8c7C(=O)N(C7CCC(=O)NC7=O)C8=O)nn6)c5)cc4[C@@H]32)cc1. The minimum absolute atomic E-state index is 0.0320. The van der Waals surface area contributed by atoms with Crippen molar-refractivity contribution in [1.29, 1.82) is 0 Å². The number of imide groups is 2. The van der Waals surface area contributed by atoms with Crippen molar-refractivity contribution in [2.45, 2.75) is 81.4 Å². The molecule has 4 N–H and O–H groups in total. The van der Waals surface area contributed by atoms with Gasteiger partial charge in [0.25, 0.3) is 11.8 Å². The first kappa shape index (κ1) is 43.5. The summed E-state index contributed by atoms with van der Waals surface area (Å²) in [6.45, 7) is 2.81. The summed E-state index contributed by atoms with van der Waals surface area (Å²) in [6, 6.07) is 23.2. The topological polar surface area (TPSA) is 222 Å². The van der Waals surface area contributed by atoms with E-state index in [-0.39, 0.29) is 72.1 Å². The number of aromatic nitrogens is 3. The fourth-order valence-electron chi connectivity index (χ4n) is 9.32. The van der Waals surface area contributed by atoms with Crippen LogP contribution in [-0.2, 0) is 37.4 Å². The molecule has 2 fully saturated rings. The van der Waals surface area contributed by atoms with Crippen molar-refractivity contribution < 1.29 is 42.2 Å². The van der Waals surface area contributed by atoms with Gasteiger partial charge in [0, 0.05) is 55.8 Å². The lowest BCUT2D eigenvalue weighted by Gasteiger charge is -2.39. The lowest BCUT2D eigenvalue weighted by molar-refractivity contribution is -0.136. The van der Waals surface area contributed by atoms with E-state index in [1.807, 2.05) is 55.6 Å². The number of ether oxygens (including phenoxy) is 1. The Morgan fingerprint density at radius 3 is 2.54 bits per heavy atom. The number of aryl methyl sites for hydroxylation is 3. The molecule has 18 heteroatoms. The number of nitrogens with one attached hydrogen (secondary N) is 3. The lowest BCUT2D eigenvalue weighted by Crippen LogP contribution is -2.54. The number of aliphatic hydroxyl groups is 1. The number of rotatable bonds is 15. The van der Waals surface area contributed by atoms with E-state index in [0.29, 0.717) is 44.5 Å². The molecular formula is C47H48N8O9S. The molecule has 4 aliphatic heterocycles. The highest BCUT2D eigenvalue weighted by atomic mass is 32.2. The summed E-state index contributed by atoms with van der Waals surface area (Å²) >= 11 is 0. The van der Waals surface area contributed by atoms with Gasteiger partial charge in [-0.1, -0.05) is 47.2 Å². The van der Waals surface area contributed by atoms with Crippen LogP contribution >= 0.6 is 0 Å². The number of carbonyl (C=O) groups is 5. The van der Waals surface area contributed by atoms with E-state index in [0.717, 1.165) is 38.5 Å². The van der Waals surface area contributed by atoms with Gasteiger partial charge in [0.2, 0.25) is 27.7 Å². The average Bonchev–Trinajstić information content (AvgIpc) is 4.02. The molecule has 0 bridgehead atoms. The van der Waals surface area contributed by atoms with Crippen molar-refractivity contribution in [2.24, 2.45) is 5.92 Å². The van der Waals surface area contributed by atoms with E-state index in [4.69, 9.17) is 4.74 Å². The molecule has 0 radical (unpaired) electrons. The lowest BCUT2D eigenvalue weighted by atomic mass is 9.82. The van der Waals surface area contributed by atoms with Gasteiger partial charge >= 0.3 is 0 Å². The molecular weight excluding hydrogens is 853 g/mol. The summed E-state index contributed by atoms with van der Waals surface area (Å²) < 4.78 is 37.2. The van der Waals surface area contributed by atoms with Crippen molar-refractivity contribution in [2.75, 3.05) is 30.4 Å². The highest BCUT2D eigenvalue weighted by Gasteiger charge is 2.49. The maximum absolute atomic E-state index is 14.0. The van der Waals surface area contributed by atoms with Gasteiger partial charge in [0.15, 0.2) is 0 Å². The second-order valence-corrected chi connectivity index (χ2v) is 18.7. The quantitative estimate of drug-likeness (QED) is 0.0835. The Morgan fingerprint density at radius 1 is 0.938 bits per heavy atom. The molecule has 0 aliphatic carbocycles. The van der Waals surface area contributed by atoms with Crippen LogP contribution in [0.4, 0.5) is 11.4 Å². The number of nitrogens with zero attached hydrogens (tertiary/aromatic N) is 5. The van der Waals surface area contributed by atoms with Crippen molar-refractivity contribution in [3.05, 3.63) is 119 Å². The van der Waals surface area contributed by atoms with Gasteiger partial charge in [-0.3, -0.25) is 38.9 Å². The van der Waals surface area contributed by atoms with Crippen LogP contribution in [0.1, 0.15) is 82.1 Å². The molecule has 65 heavy (non-hydrogen) atoms. The van der Waals surface area contributed by atoms with Gasteiger partial charge in [0.1, 0.15) is 11.8 Å². The number of fused-ring (bicyclic) bond motifs is 4. The summed E-state index contributed by atoms with van der Waals surface area (Å²) in [5.41, 5.74) is 5.91. The molecule has 4 aliphatic rings. The number of hydrogen-bond donors (Lipinski definition) is 4. The van der Waals surface area contributed by atoms with Gasteiger partial charge in [0.05, 0.1) is 47.0 Å². The molecule has 0 saturated carbocycles. The number of amides is 5. The predicted octanol–water partition coefficient (Wildman–Crippen LogP) is 4.62. The van der Waals surface area contributed by atoms with Crippen LogP contribution in [0, 0.1) is 12.8 Å².